The number of rotatable bonds is 5. The number of anilines is 1. The van der Waals surface area contributed by atoms with Crippen molar-refractivity contribution in [3.63, 3.8) is 0 Å². The second kappa shape index (κ2) is 6.83. The Balaban J connectivity index is 1.95. The lowest BCUT2D eigenvalue weighted by Gasteiger charge is -2.16. The standard InChI is InChI=1S/C17H21FN4/c18-14-7-5-13(6-8-14)17-21-11-15(20-10-9-19)16(22-17)12-3-1-2-4-12/h5-8,11-12,20H,1-4,9-10,19H2. The van der Waals surface area contributed by atoms with E-state index in [9.17, 15) is 4.39 Å². The zero-order chi connectivity index (χ0) is 15.4. The van der Waals surface area contributed by atoms with Crippen LogP contribution in [-0.2, 0) is 0 Å². The van der Waals surface area contributed by atoms with E-state index in [2.05, 4.69) is 10.3 Å². The summed E-state index contributed by atoms with van der Waals surface area (Å²) in [5.41, 5.74) is 8.46. The number of halogens is 1. The summed E-state index contributed by atoms with van der Waals surface area (Å²) in [6, 6.07) is 6.31. The number of hydrogen-bond acceptors (Lipinski definition) is 4. The van der Waals surface area contributed by atoms with E-state index < -0.39 is 0 Å². The summed E-state index contributed by atoms with van der Waals surface area (Å²) in [6.45, 7) is 1.28. The fourth-order valence-electron chi connectivity index (χ4n) is 2.99. The van der Waals surface area contributed by atoms with Crippen molar-refractivity contribution in [3.05, 3.63) is 42.0 Å². The van der Waals surface area contributed by atoms with Gasteiger partial charge in [-0.15, -0.1) is 0 Å². The van der Waals surface area contributed by atoms with Crippen LogP contribution in [0.2, 0.25) is 0 Å². The first-order valence-electron chi connectivity index (χ1n) is 7.85. The second-order valence-electron chi connectivity index (χ2n) is 5.70. The molecule has 0 atom stereocenters. The van der Waals surface area contributed by atoms with E-state index in [0.29, 0.717) is 24.8 Å². The molecule has 5 heteroatoms. The normalized spacial score (nSPS) is 15.2. The monoisotopic (exact) mass is 300 g/mol. The number of benzene rings is 1. The smallest absolute Gasteiger partial charge is 0.159 e. The van der Waals surface area contributed by atoms with Crippen LogP contribution in [0.4, 0.5) is 10.1 Å². The lowest BCUT2D eigenvalue weighted by molar-refractivity contribution is 0.628. The maximum atomic E-state index is 13.1. The average Bonchev–Trinajstić information content (AvgIpc) is 3.08. The van der Waals surface area contributed by atoms with E-state index >= 15 is 0 Å². The molecule has 3 N–H and O–H groups in total. The molecule has 1 saturated carbocycles. The topological polar surface area (TPSA) is 63.8 Å². The van der Waals surface area contributed by atoms with Gasteiger partial charge in [-0.25, -0.2) is 14.4 Å². The van der Waals surface area contributed by atoms with E-state index in [1.807, 2.05) is 6.20 Å². The molecular formula is C17H21FN4. The average molecular weight is 300 g/mol. The van der Waals surface area contributed by atoms with Gasteiger partial charge in [-0.3, -0.25) is 0 Å². The SMILES string of the molecule is NCCNc1cnc(-c2ccc(F)cc2)nc1C1CCCC1. The van der Waals surface area contributed by atoms with Crippen LogP contribution in [0.3, 0.4) is 0 Å². The molecule has 0 saturated heterocycles. The van der Waals surface area contributed by atoms with Crippen molar-refractivity contribution in [2.75, 3.05) is 18.4 Å². The Morgan fingerprint density at radius 1 is 1.18 bits per heavy atom. The molecule has 22 heavy (non-hydrogen) atoms. The van der Waals surface area contributed by atoms with Crippen LogP contribution in [0.1, 0.15) is 37.3 Å². The molecule has 1 aliphatic rings. The first-order valence-corrected chi connectivity index (χ1v) is 7.85. The van der Waals surface area contributed by atoms with Gasteiger partial charge in [-0.1, -0.05) is 12.8 Å². The Morgan fingerprint density at radius 2 is 1.91 bits per heavy atom. The minimum absolute atomic E-state index is 0.249. The number of aromatic nitrogens is 2. The van der Waals surface area contributed by atoms with Crippen LogP contribution in [0.15, 0.2) is 30.5 Å². The van der Waals surface area contributed by atoms with Crippen molar-refractivity contribution in [1.29, 1.82) is 0 Å². The van der Waals surface area contributed by atoms with Gasteiger partial charge in [-0.05, 0) is 37.1 Å². The molecule has 1 heterocycles. The minimum atomic E-state index is -0.249. The molecule has 0 spiro atoms. The highest BCUT2D eigenvalue weighted by Gasteiger charge is 2.22. The first kappa shape index (κ1) is 14.9. The van der Waals surface area contributed by atoms with Crippen molar-refractivity contribution in [1.82, 2.24) is 9.97 Å². The third kappa shape index (κ3) is 3.25. The van der Waals surface area contributed by atoms with Gasteiger partial charge >= 0.3 is 0 Å². The Bertz CT molecular complexity index is 621. The van der Waals surface area contributed by atoms with Crippen LogP contribution in [0, 0.1) is 5.82 Å². The van der Waals surface area contributed by atoms with Gasteiger partial charge in [0.15, 0.2) is 5.82 Å². The highest BCUT2D eigenvalue weighted by Crippen LogP contribution is 2.37. The van der Waals surface area contributed by atoms with Gasteiger partial charge in [0, 0.05) is 24.6 Å². The van der Waals surface area contributed by atoms with Crippen LogP contribution >= 0.6 is 0 Å². The van der Waals surface area contributed by atoms with Gasteiger partial charge in [-0.2, -0.15) is 0 Å². The lowest BCUT2D eigenvalue weighted by Crippen LogP contribution is -2.16. The fourth-order valence-corrected chi connectivity index (χ4v) is 2.99. The van der Waals surface area contributed by atoms with Crippen LogP contribution < -0.4 is 11.1 Å². The molecule has 1 aromatic carbocycles. The van der Waals surface area contributed by atoms with E-state index in [1.54, 1.807) is 12.1 Å². The summed E-state index contributed by atoms with van der Waals surface area (Å²) in [6.07, 6.45) is 6.65. The van der Waals surface area contributed by atoms with Gasteiger partial charge in [0.2, 0.25) is 0 Å². The highest BCUT2D eigenvalue weighted by molar-refractivity contribution is 5.58. The van der Waals surface area contributed by atoms with Crippen LogP contribution in [0.25, 0.3) is 11.4 Å². The quantitative estimate of drug-likeness (QED) is 0.889. The summed E-state index contributed by atoms with van der Waals surface area (Å²) >= 11 is 0. The third-order valence-corrected chi connectivity index (χ3v) is 4.12. The summed E-state index contributed by atoms with van der Waals surface area (Å²) in [5.74, 6) is 0.878. The summed E-state index contributed by atoms with van der Waals surface area (Å²) in [4.78, 5) is 9.20. The first-order chi connectivity index (χ1) is 10.8. The molecule has 1 aliphatic carbocycles. The molecule has 4 nitrogen and oxygen atoms in total. The zero-order valence-corrected chi connectivity index (χ0v) is 12.6. The molecule has 0 radical (unpaired) electrons. The molecule has 3 rings (SSSR count). The van der Waals surface area contributed by atoms with Gasteiger partial charge in [0.25, 0.3) is 0 Å². The highest BCUT2D eigenvalue weighted by atomic mass is 19.1. The summed E-state index contributed by atoms with van der Waals surface area (Å²) < 4.78 is 13.1. The molecule has 0 bridgehead atoms. The van der Waals surface area contributed by atoms with Crippen LogP contribution in [-0.4, -0.2) is 23.1 Å². The molecule has 2 aromatic rings. The van der Waals surface area contributed by atoms with Crippen molar-refractivity contribution < 1.29 is 4.39 Å². The maximum Gasteiger partial charge on any atom is 0.159 e. The second-order valence-corrected chi connectivity index (χ2v) is 5.70. The number of hydrogen-bond donors (Lipinski definition) is 2. The molecule has 0 amide bonds. The van der Waals surface area contributed by atoms with E-state index in [1.165, 1.54) is 25.0 Å². The van der Waals surface area contributed by atoms with E-state index in [-0.39, 0.29) is 5.82 Å². The Kier molecular flexibility index (Phi) is 4.63. The molecule has 1 aromatic heterocycles. The van der Waals surface area contributed by atoms with Crippen molar-refractivity contribution >= 4 is 5.69 Å². The van der Waals surface area contributed by atoms with Gasteiger partial charge < -0.3 is 11.1 Å². The van der Waals surface area contributed by atoms with Crippen molar-refractivity contribution in [3.8, 4) is 11.4 Å². The minimum Gasteiger partial charge on any atom is -0.381 e. The predicted octanol–water partition coefficient (Wildman–Crippen LogP) is 3.31. The Hall–Kier alpha value is -2.01. The van der Waals surface area contributed by atoms with Gasteiger partial charge in [0.05, 0.1) is 17.6 Å². The van der Waals surface area contributed by atoms with Crippen molar-refractivity contribution in [2.45, 2.75) is 31.6 Å². The predicted molar refractivity (Wildman–Crippen MR) is 86.2 cm³/mol. The van der Waals surface area contributed by atoms with E-state index in [0.717, 1.165) is 29.8 Å². The third-order valence-electron chi connectivity index (χ3n) is 4.12. The van der Waals surface area contributed by atoms with Crippen molar-refractivity contribution in [2.24, 2.45) is 5.73 Å². The van der Waals surface area contributed by atoms with E-state index in [4.69, 9.17) is 10.7 Å². The summed E-state index contributed by atoms with van der Waals surface area (Å²) in [7, 11) is 0. The number of nitrogens with zero attached hydrogens (tertiary/aromatic N) is 2. The molecular weight excluding hydrogens is 279 g/mol. The molecule has 1 fully saturated rings. The molecule has 116 valence electrons. The number of nitrogens with one attached hydrogen (secondary N) is 1. The Labute approximate surface area is 130 Å². The fraction of sp³-hybridized carbons (Fsp3) is 0.412. The largest absolute Gasteiger partial charge is 0.381 e. The van der Waals surface area contributed by atoms with Crippen LogP contribution in [0.5, 0.6) is 0 Å². The molecule has 0 aliphatic heterocycles. The number of nitrogens with two attached hydrogens (primary N) is 1. The summed E-state index contributed by atoms with van der Waals surface area (Å²) in [5, 5.41) is 3.32. The zero-order valence-electron chi connectivity index (χ0n) is 12.6. The lowest BCUT2D eigenvalue weighted by atomic mass is 10.0. The molecule has 0 unspecified atom stereocenters. The van der Waals surface area contributed by atoms with Gasteiger partial charge in [0.1, 0.15) is 5.82 Å². The maximum absolute atomic E-state index is 13.1. The Morgan fingerprint density at radius 3 is 2.59 bits per heavy atom.